The van der Waals surface area contributed by atoms with Gasteiger partial charge in [-0.2, -0.15) is 11.8 Å². The number of benzene rings is 1. The average molecular weight is 219 g/mol. The Morgan fingerprint density at radius 3 is 3.00 bits per heavy atom. The Kier molecular flexibility index (Phi) is 3.11. The van der Waals surface area contributed by atoms with Crippen molar-refractivity contribution in [3.63, 3.8) is 0 Å². The van der Waals surface area contributed by atoms with Crippen LogP contribution in [0.2, 0.25) is 0 Å². The molecule has 0 unspecified atom stereocenters. The molecule has 0 saturated heterocycles. The maximum Gasteiger partial charge on any atom is 0.150 e. The molecule has 0 aliphatic heterocycles. The van der Waals surface area contributed by atoms with Crippen molar-refractivity contribution in [2.75, 3.05) is 12.0 Å². The number of aldehydes is 1. The molecule has 0 bridgehead atoms. The van der Waals surface area contributed by atoms with E-state index in [4.69, 9.17) is 0 Å². The zero-order chi connectivity index (χ0) is 10.7. The molecule has 1 heterocycles. The van der Waals surface area contributed by atoms with Crippen LogP contribution in [0.25, 0.3) is 10.9 Å². The van der Waals surface area contributed by atoms with E-state index in [-0.39, 0.29) is 0 Å². The van der Waals surface area contributed by atoms with Gasteiger partial charge in [-0.05, 0) is 30.5 Å². The Labute approximate surface area is 93.3 Å². The van der Waals surface area contributed by atoms with Gasteiger partial charge in [0.05, 0.1) is 0 Å². The molecule has 1 aromatic carbocycles. The predicted molar refractivity (Wildman–Crippen MR) is 65.7 cm³/mol. The number of hydrogen-bond donors (Lipinski definition) is 0. The highest BCUT2D eigenvalue weighted by Gasteiger charge is 2.01. The largest absolute Gasteiger partial charge is 0.347 e. The quantitative estimate of drug-likeness (QED) is 0.738. The number of carbonyl (C=O) groups excluding carboxylic acids is 1. The first-order chi connectivity index (χ1) is 7.35. The highest BCUT2D eigenvalue weighted by atomic mass is 32.2. The van der Waals surface area contributed by atoms with Gasteiger partial charge in [-0.15, -0.1) is 0 Å². The van der Waals surface area contributed by atoms with E-state index in [9.17, 15) is 4.79 Å². The van der Waals surface area contributed by atoms with Gasteiger partial charge in [-0.3, -0.25) is 4.79 Å². The summed E-state index contributed by atoms with van der Waals surface area (Å²) in [7, 11) is 0. The van der Waals surface area contributed by atoms with E-state index in [1.807, 2.05) is 30.0 Å². The van der Waals surface area contributed by atoms with Gasteiger partial charge in [0, 0.05) is 35.0 Å². The van der Waals surface area contributed by atoms with Gasteiger partial charge < -0.3 is 4.57 Å². The number of thioether (sulfide) groups is 1. The lowest BCUT2D eigenvalue weighted by Crippen LogP contribution is -1.97. The van der Waals surface area contributed by atoms with Gasteiger partial charge in [0.25, 0.3) is 0 Å². The number of hydrogen-bond acceptors (Lipinski definition) is 2. The van der Waals surface area contributed by atoms with Crippen molar-refractivity contribution >= 4 is 29.0 Å². The lowest BCUT2D eigenvalue weighted by molar-refractivity contribution is 0.112. The lowest BCUT2D eigenvalue weighted by Gasteiger charge is -2.03. The van der Waals surface area contributed by atoms with E-state index in [2.05, 4.69) is 23.1 Å². The van der Waals surface area contributed by atoms with Crippen LogP contribution in [0.15, 0.2) is 30.5 Å². The normalized spacial score (nSPS) is 10.7. The number of aromatic nitrogens is 1. The van der Waals surface area contributed by atoms with Crippen molar-refractivity contribution in [2.24, 2.45) is 0 Å². The van der Waals surface area contributed by atoms with E-state index in [1.165, 1.54) is 5.52 Å². The molecule has 0 amide bonds. The Balaban J connectivity index is 2.38. The fourth-order valence-corrected chi connectivity index (χ4v) is 2.06. The molecule has 1 aromatic heterocycles. The molecule has 2 aromatic rings. The molecular weight excluding hydrogens is 206 g/mol. The SMILES string of the molecule is CSCCn1ccc2cc(C=O)ccc21. The molecule has 2 nitrogen and oxygen atoms in total. The molecule has 78 valence electrons. The second-order valence-electron chi connectivity index (χ2n) is 3.44. The Bertz CT molecular complexity index is 475. The van der Waals surface area contributed by atoms with Gasteiger partial charge in [0.15, 0.2) is 0 Å². The molecule has 0 aliphatic rings. The molecule has 0 radical (unpaired) electrons. The van der Waals surface area contributed by atoms with Gasteiger partial charge >= 0.3 is 0 Å². The van der Waals surface area contributed by atoms with Crippen molar-refractivity contribution in [1.29, 1.82) is 0 Å². The van der Waals surface area contributed by atoms with Crippen molar-refractivity contribution in [2.45, 2.75) is 6.54 Å². The van der Waals surface area contributed by atoms with E-state index in [0.717, 1.165) is 29.5 Å². The summed E-state index contributed by atoms with van der Waals surface area (Å²) in [6, 6.07) is 7.87. The molecule has 3 heteroatoms. The molecule has 0 spiro atoms. The Morgan fingerprint density at radius 1 is 1.40 bits per heavy atom. The maximum atomic E-state index is 10.6. The minimum Gasteiger partial charge on any atom is -0.347 e. The van der Waals surface area contributed by atoms with E-state index >= 15 is 0 Å². The van der Waals surface area contributed by atoms with Crippen LogP contribution in [-0.4, -0.2) is 22.9 Å². The van der Waals surface area contributed by atoms with Crippen molar-refractivity contribution in [3.05, 3.63) is 36.0 Å². The third-order valence-corrected chi connectivity index (χ3v) is 3.06. The van der Waals surface area contributed by atoms with Crippen LogP contribution in [0.1, 0.15) is 10.4 Å². The van der Waals surface area contributed by atoms with Crippen LogP contribution < -0.4 is 0 Å². The van der Waals surface area contributed by atoms with Gasteiger partial charge in [-0.25, -0.2) is 0 Å². The number of fused-ring (bicyclic) bond motifs is 1. The van der Waals surface area contributed by atoms with Gasteiger partial charge in [0.1, 0.15) is 6.29 Å². The summed E-state index contributed by atoms with van der Waals surface area (Å²) in [6.45, 7) is 1.02. The molecule has 0 saturated carbocycles. The maximum absolute atomic E-state index is 10.6. The molecule has 0 N–H and O–H groups in total. The summed E-state index contributed by atoms with van der Waals surface area (Å²) >= 11 is 1.84. The van der Waals surface area contributed by atoms with Crippen LogP contribution in [0, 0.1) is 0 Å². The number of rotatable bonds is 4. The summed E-state index contributed by atoms with van der Waals surface area (Å²) in [4.78, 5) is 10.6. The molecule has 0 fully saturated rings. The van der Waals surface area contributed by atoms with Crippen LogP contribution in [0.3, 0.4) is 0 Å². The van der Waals surface area contributed by atoms with Crippen molar-refractivity contribution in [3.8, 4) is 0 Å². The fraction of sp³-hybridized carbons (Fsp3) is 0.250. The second kappa shape index (κ2) is 4.53. The van der Waals surface area contributed by atoms with Crippen LogP contribution >= 0.6 is 11.8 Å². The van der Waals surface area contributed by atoms with Crippen molar-refractivity contribution < 1.29 is 4.79 Å². The van der Waals surface area contributed by atoms with Crippen LogP contribution in [-0.2, 0) is 6.54 Å². The van der Waals surface area contributed by atoms with E-state index < -0.39 is 0 Å². The molecule has 0 aliphatic carbocycles. The summed E-state index contributed by atoms with van der Waals surface area (Å²) in [6.07, 6.45) is 5.07. The molecule has 15 heavy (non-hydrogen) atoms. The highest BCUT2D eigenvalue weighted by molar-refractivity contribution is 7.98. The minimum absolute atomic E-state index is 0.741. The third-order valence-electron chi connectivity index (χ3n) is 2.47. The summed E-state index contributed by atoms with van der Waals surface area (Å²) < 4.78 is 2.22. The molecule has 2 rings (SSSR count). The highest BCUT2D eigenvalue weighted by Crippen LogP contribution is 2.17. The zero-order valence-corrected chi connectivity index (χ0v) is 9.46. The van der Waals surface area contributed by atoms with Crippen LogP contribution in [0.4, 0.5) is 0 Å². The second-order valence-corrected chi connectivity index (χ2v) is 4.42. The smallest absolute Gasteiger partial charge is 0.150 e. The van der Waals surface area contributed by atoms with Gasteiger partial charge in [-0.1, -0.05) is 0 Å². The van der Waals surface area contributed by atoms with Crippen molar-refractivity contribution in [1.82, 2.24) is 4.57 Å². The predicted octanol–water partition coefficient (Wildman–Crippen LogP) is 2.82. The number of carbonyl (C=O) groups is 1. The zero-order valence-electron chi connectivity index (χ0n) is 8.64. The summed E-state index contributed by atoms with van der Waals surface area (Å²) in [5, 5.41) is 1.14. The first kappa shape index (κ1) is 10.3. The number of nitrogens with zero attached hydrogens (tertiary/aromatic N) is 1. The monoisotopic (exact) mass is 219 g/mol. The first-order valence-corrected chi connectivity index (χ1v) is 6.27. The number of aryl methyl sites for hydroxylation is 1. The molecule has 0 atom stereocenters. The summed E-state index contributed by atoms with van der Waals surface area (Å²) in [5.74, 6) is 1.11. The topological polar surface area (TPSA) is 22.0 Å². The third kappa shape index (κ3) is 2.07. The molecular formula is C12H13NOS. The fourth-order valence-electron chi connectivity index (χ4n) is 1.68. The minimum atomic E-state index is 0.741. The Morgan fingerprint density at radius 2 is 2.27 bits per heavy atom. The lowest BCUT2D eigenvalue weighted by atomic mass is 10.2. The Hall–Kier alpha value is -1.22. The van der Waals surface area contributed by atoms with Gasteiger partial charge in [0.2, 0.25) is 0 Å². The summed E-state index contributed by atoms with van der Waals surface area (Å²) in [5.41, 5.74) is 1.94. The average Bonchev–Trinajstić information content (AvgIpc) is 2.68. The standard InChI is InChI=1S/C12H13NOS/c1-15-7-6-13-5-4-11-8-10(9-14)2-3-12(11)13/h2-5,8-9H,6-7H2,1H3. The van der Waals surface area contributed by atoms with Crippen LogP contribution in [0.5, 0.6) is 0 Å². The first-order valence-electron chi connectivity index (χ1n) is 4.88. The van der Waals surface area contributed by atoms with E-state index in [0.29, 0.717) is 0 Å². The van der Waals surface area contributed by atoms with E-state index in [1.54, 1.807) is 0 Å².